The average Bonchev–Trinajstić information content (AvgIpc) is 2.83. The Morgan fingerprint density at radius 1 is 1.45 bits per heavy atom. The zero-order chi connectivity index (χ0) is 15.2. The molecule has 5 nitrogen and oxygen atoms in total. The summed E-state index contributed by atoms with van der Waals surface area (Å²) in [7, 11) is 0. The minimum Gasteiger partial charge on any atom is -0.479 e. The molecule has 1 aliphatic rings. The summed E-state index contributed by atoms with van der Waals surface area (Å²) in [5, 5.41) is 12.6. The van der Waals surface area contributed by atoms with Gasteiger partial charge in [0.25, 0.3) is 0 Å². The maximum Gasteiger partial charge on any atom is 0.329 e. The summed E-state index contributed by atoms with van der Waals surface area (Å²) in [6.45, 7) is 4.52. The van der Waals surface area contributed by atoms with E-state index in [1.807, 2.05) is 20.1 Å². The van der Waals surface area contributed by atoms with Crippen molar-refractivity contribution in [2.45, 2.75) is 57.5 Å². The summed E-state index contributed by atoms with van der Waals surface area (Å²) in [6.07, 6.45) is 5.46. The number of aliphatic carboxylic acids is 1. The van der Waals surface area contributed by atoms with Crippen LogP contribution in [-0.4, -0.2) is 52.1 Å². The maximum atomic E-state index is 12.4. The second-order valence-corrected chi connectivity index (χ2v) is 6.26. The molecule has 0 radical (unpaired) electrons. The van der Waals surface area contributed by atoms with Crippen molar-refractivity contribution >= 4 is 23.8 Å². The number of urea groups is 1. The lowest BCUT2D eigenvalue weighted by Gasteiger charge is -2.35. The average molecular weight is 302 g/mol. The van der Waals surface area contributed by atoms with Gasteiger partial charge in [-0.1, -0.05) is 20.3 Å². The van der Waals surface area contributed by atoms with Gasteiger partial charge >= 0.3 is 12.0 Å². The van der Waals surface area contributed by atoms with Gasteiger partial charge in [0.2, 0.25) is 0 Å². The second kappa shape index (κ2) is 7.76. The number of carboxylic acid groups (broad SMARTS) is 1. The Labute approximate surface area is 125 Å². The molecule has 0 saturated carbocycles. The fourth-order valence-corrected chi connectivity index (χ4v) is 3.61. The van der Waals surface area contributed by atoms with E-state index in [4.69, 9.17) is 0 Å². The Bertz CT molecular complexity index is 351. The molecule has 1 heterocycles. The van der Waals surface area contributed by atoms with Crippen molar-refractivity contribution in [1.29, 1.82) is 0 Å². The van der Waals surface area contributed by atoms with Crippen LogP contribution in [0.25, 0.3) is 0 Å². The minimum atomic E-state index is -1.00. The van der Waals surface area contributed by atoms with Crippen LogP contribution in [0.1, 0.15) is 46.0 Å². The molecule has 116 valence electrons. The van der Waals surface area contributed by atoms with Crippen molar-refractivity contribution in [3.05, 3.63) is 0 Å². The molecule has 0 bridgehead atoms. The van der Waals surface area contributed by atoms with Gasteiger partial charge in [0, 0.05) is 18.3 Å². The fraction of sp³-hybridized carbons (Fsp3) is 0.857. The number of nitrogens with one attached hydrogen (secondary N) is 1. The molecule has 1 rings (SSSR count). The third-order valence-electron chi connectivity index (χ3n) is 3.98. The van der Waals surface area contributed by atoms with Crippen LogP contribution in [0.4, 0.5) is 4.79 Å². The predicted molar refractivity (Wildman–Crippen MR) is 82.2 cm³/mol. The molecule has 0 spiro atoms. The van der Waals surface area contributed by atoms with E-state index in [1.54, 1.807) is 16.7 Å². The fourth-order valence-electron chi connectivity index (χ4n) is 2.89. The molecule has 2 N–H and O–H groups in total. The molecule has 1 saturated heterocycles. The van der Waals surface area contributed by atoms with Crippen molar-refractivity contribution < 1.29 is 14.7 Å². The normalized spacial score (nSPS) is 23.6. The topological polar surface area (TPSA) is 69.6 Å². The number of carbonyl (C=O) groups is 2. The number of hydrogen-bond donors (Lipinski definition) is 2. The predicted octanol–water partition coefficient (Wildman–Crippen LogP) is 2.56. The monoisotopic (exact) mass is 302 g/mol. The van der Waals surface area contributed by atoms with Gasteiger partial charge in [-0.2, -0.15) is 11.8 Å². The van der Waals surface area contributed by atoms with Gasteiger partial charge in [-0.05, 0) is 31.9 Å². The number of rotatable bonds is 7. The van der Waals surface area contributed by atoms with Crippen LogP contribution in [0.15, 0.2) is 0 Å². The standard InChI is InChI=1S/C14H26N2O3S/c1-4-7-14(12(17)18)8-6-9-16(14)13(19)15-11(5-2)10-20-3/h11H,4-10H2,1-3H3,(H,15,19)(H,17,18). The zero-order valence-corrected chi connectivity index (χ0v) is 13.5. The Morgan fingerprint density at radius 3 is 2.65 bits per heavy atom. The van der Waals surface area contributed by atoms with E-state index < -0.39 is 11.5 Å². The van der Waals surface area contributed by atoms with E-state index in [9.17, 15) is 14.7 Å². The Morgan fingerprint density at radius 2 is 2.15 bits per heavy atom. The highest BCUT2D eigenvalue weighted by Gasteiger charge is 2.49. The summed E-state index contributed by atoms with van der Waals surface area (Å²) in [6, 6.07) is -0.120. The van der Waals surface area contributed by atoms with Gasteiger partial charge in [-0.25, -0.2) is 9.59 Å². The van der Waals surface area contributed by atoms with Gasteiger partial charge < -0.3 is 15.3 Å². The molecule has 2 atom stereocenters. The number of thioether (sulfide) groups is 1. The first-order valence-corrected chi connectivity index (χ1v) is 8.71. The van der Waals surface area contributed by atoms with E-state index in [2.05, 4.69) is 5.32 Å². The van der Waals surface area contributed by atoms with Gasteiger partial charge in [-0.3, -0.25) is 0 Å². The number of nitrogens with zero attached hydrogens (tertiary/aromatic N) is 1. The number of hydrogen-bond acceptors (Lipinski definition) is 3. The highest BCUT2D eigenvalue weighted by molar-refractivity contribution is 7.98. The summed E-state index contributed by atoms with van der Waals surface area (Å²) in [5.41, 5.74) is -1.00. The zero-order valence-electron chi connectivity index (χ0n) is 12.6. The Balaban J connectivity index is 2.81. The van der Waals surface area contributed by atoms with Crippen LogP contribution < -0.4 is 5.32 Å². The van der Waals surface area contributed by atoms with Gasteiger partial charge in [0.15, 0.2) is 0 Å². The smallest absolute Gasteiger partial charge is 0.329 e. The van der Waals surface area contributed by atoms with E-state index in [0.717, 1.165) is 25.0 Å². The largest absolute Gasteiger partial charge is 0.479 e. The first-order valence-electron chi connectivity index (χ1n) is 7.32. The second-order valence-electron chi connectivity index (χ2n) is 5.35. The summed E-state index contributed by atoms with van der Waals surface area (Å²) in [5.74, 6) is -0.0193. The lowest BCUT2D eigenvalue weighted by molar-refractivity contribution is -0.148. The highest BCUT2D eigenvalue weighted by Crippen LogP contribution is 2.34. The summed E-state index contributed by atoms with van der Waals surface area (Å²) < 4.78 is 0. The van der Waals surface area contributed by atoms with Crippen molar-refractivity contribution in [2.24, 2.45) is 0 Å². The van der Waals surface area contributed by atoms with Crippen molar-refractivity contribution in [1.82, 2.24) is 10.2 Å². The quantitative estimate of drug-likeness (QED) is 0.758. The van der Waals surface area contributed by atoms with E-state index in [0.29, 0.717) is 19.4 Å². The molecule has 6 heteroatoms. The summed E-state index contributed by atoms with van der Waals surface area (Å²) >= 11 is 1.69. The van der Waals surface area contributed by atoms with E-state index >= 15 is 0 Å². The van der Waals surface area contributed by atoms with E-state index in [1.165, 1.54) is 0 Å². The molecular weight excluding hydrogens is 276 g/mol. The number of carbonyl (C=O) groups excluding carboxylic acids is 1. The third-order valence-corrected chi connectivity index (χ3v) is 4.72. The molecule has 2 amide bonds. The van der Waals surface area contributed by atoms with Crippen molar-refractivity contribution in [3.63, 3.8) is 0 Å². The first-order chi connectivity index (χ1) is 9.51. The van der Waals surface area contributed by atoms with Crippen LogP contribution in [0.2, 0.25) is 0 Å². The van der Waals surface area contributed by atoms with Crippen LogP contribution >= 0.6 is 11.8 Å². The molecule has 1 aliphatic heterocycles. The van der Waals surface area contributed by atoms with Crippen LogP contribution in [-0.2, 0) is 4.79 Å². The molecule has 0 aromatic rings. The molecule has 20 heavy (non-hydrogen) atoms. The lowest BCUT2D eigenvalue weighted by atomic mass is 9.91. The lowest BCUT2D eigenvalue weighted by Crippen LogP contribution is -2.57. The Hall–Kier alpha value is -0.910. The van der Waals surface area contributed by atoms with Gasteiger partial charge in [0.1, 0.15) is 5.54 Å². The molecule has 1 fully saturated rings. The molecule has 0 aliphatic carbocycles. The number of likely N-dealkylation sites (tertiary alicyclic amines) is 1. The Kier molecular flexibility index (Phi) is 6.65. The van der Waals surface area contributed by atoms with Crippen molar-refractivity contribution in [2.75, 3.05) is 18.6 Å². The van der Waals surface area contributed by atoms with Gasteiger partial charge in [0.05, 0.1) is 0 Å². The molecule has 0 aromatic carbocycles. The van der Waals surface area contributed by atoms with E-state index in [-0.39, 0.29) is 12.1 Å². The SMILES string of the molecule is CCCC1(C(=O)O)CCCN1C(=O)NC(CC)CSC. The first kappa shape index (κ1) is 17.1. The third kappa shape index (κ3) is 3.59. The summed E-state index contributed by atoms with van der Waals surface area (Å²) in [4.78, 5) is 25.7. The highest BCUT2D eigenvalue weighted by atomic mass is 32.2. The van der Waals surface area contributed by atoms with Crippen LogP contribution in [0.3, 0.4) is 0 Å². The van der Waals surface area contributed by atoms with Gasteiger partial charge in [-0.15, -0.1) is 0 Å². The van der Waals surface area contributed by atoms with Crippen LogP contribution in [0, 0.1) is 0 Å². The molecule has 0 aromatic heterocycles. The van der Waals surface area contributed by atoms with Crippen molar-refractivity contribution in [3.8, 4) is 0 Å². The minimum absolute atomic E-state index is 0.103. The molecule has 2 unspecified atom stereocenters. The van der Waals surface area contributed by atoms with Crippen LogP contribution in [0.5, 0.6) is 0 Å². The maximum absolute atomic E-state index is 12.4. The number of amides is 2. The number of carboxylic acids is 1. The molecular formula is C14H26N2O3S.